The first-order valence-corrected chi connectivity index (χ1v) is 7.40. The standard InChI is InChI=1S/C15H14BrN3OS/c16-13-6-7-14(12(8-13)9-18-19-15(17)21)20-10-11-4-2-1-3-5-11/h1-9H,10H2,(H3,17,19,21)/b18-9-. The molecule has 3 N–H and O–H groups in total. The monoisotopic (exact) mass is 363 g/mol. The second-order valence-electron chi connectivity index (χ2n) is 4.19. The van der Waals surface area contributed by atoms with Gasteiger partial charge in [-0.25, -0.2) is 0 Å². The fraction of sp³-hybridized carbons (Fsp3) is 0.0667. The van der Waals surface area contributed by atoms with Gasteiger partial charge in [0.05, 0.1) is 6.21 Å². The molecule has 2 rings (SSSR count). The van der Waals surface area contributed by atoms with Crippen LogP contribution < -0.4 is 15.9 Å². The fourth-order valence-electron chi connectivity index (χ4n) is 1.65. The number of hydrogen-bond donors (Lipinski definition) is 2. The fourth-order valence-corrected chi connectivity index (χ4v) is 2.08. The molecule has 108 valence electrons. The minimum Gasteiger partial charge on any atom is -0.488 e. The largest absolute Gasteiger partial charge is 0.488 e. The van der Waals surface area contributed by atoms with Crippen LogP contribution in [0.3, 0.4) is 0 Å². The molecule has 0 unspecified atom stereocenters. The van der Waals surface area contributed by atoms with Crippen LogP contribution in [0.1, 0.15) is 11.1 Å². The summed E-state index contributed by atoms with van der Waals surface area (Å²) in [5.41, 5.74) is 9.77. The lowest BCUT2D eigenvalue weighted by molar-refractivity contribution is 0.306. The summed E-state index contributed by atoms with van der Waals surface area (Å²) < 4.78 is 6.77. The third-order valence-electron chi connectivity index (χ3n) is 2.59. The summed E-state index contributed by atoms with van der Waals surface area (Å²) in [4.78, 5) is 0. The maximum Gasteiger partial charge on any atom is 0.184 e. The van der Waals surface area contributed by atoms with Gasteiger partial charge in [-0.2, -0.15) is 5.10 Å². The second-order valence-corrected chi connectivity index (χ2v) is 5.55. The molecule has 0 aliphatic heterocycles. The van der Waals surface area contributed by atoms with E-state index in [1.54, 1.807) is 6.21 Å². The molecule has 0 heterocycles. The van der Waals surface area contributed by atoms with Crippen molar-refractivity contribution >= 4 is 39.5 Å². The third kappa shape index (κ3) is 5.17. The first-order chi connectivity index (χ1) is 10.1. The highest BCUT2D eigenvalue weighted by molar-refractivity contribution is 9.10. The van der Waals surface area contributed by atoms with E-state index in [2.05, 4.69) is 26.5 Å². The van der Waals surface area contributed by atoms with E-state index in [0.717, 1.165) is 21.3 Å². The number of ether oxygens (including phenoxy) is 1. The van der Waals surface area contributed by atoms with Gasteiger partial charge in [0.25, 0.3) is 0 Å². The Morgan fingerprint density at radius 1 is 1.29 bits per heavy atom. The van der Waals surface area contributed by atoms with E-state index >= 15 is 0 Å². The van der Waals surface area contributed by atoms with Gasteiger partial charge in [-0.05, 0) is 36.0 Å². The van der Waals surface area contributed by atoms with Crippen LogP contribution in [0.2, 0.25) is 0 Å². The molecule has 4 nitrogen and oxygen atoms in total. The summed E-state index contributed by atoms with van der Waals surface area (Å²) in [5.74, 6) is 0.732. The van der Waals surface area contributed by atoms with Gasteiger partial charge in [0, 0.05) is 10.0 Å². The highest BCUT2D eigenvalue weighted by Gasteiger charge is 2.03. The van der Waals surface area contributed by atoms with Gasteiger partial charge < -0.3 is 10.5 Å². The number of nitrogens with two attached hydrogens (primary N) is 1. The van der Waals surface area contributed by atoms with E-state index in [1.807, 2.05) is 48.5 Å². The molecular weight excluding hydrogens is 350 g/mol. The Morgan fingerprint density at radius 2 is 2.05 bits per heavy atom. The summed E-state index contributed by atoms with van der Waals surface area (Å²) in [7, 11) is 0. The van der Waals surface area contributed by atoms with Crippen molar-refractivity contribution in [2.75, 3.05) is 0 Å². The molecule has 0 spiro atoms. The Labute approximate surface area is 137 Å². The molecule has 2 aromatic carbocycles. The van der Waals surface area contributed by atoms with Gasteiger partial charge in [-0.3, -0.25) is 5.43 Å². The summed E-state index contributed by atoms with van der Waals surface area (Å²) >= 11 is 8.12. The number of nitrogens with one attached hydrogen (secondary N) is 1. The zero-order valence-electron chi connectivity index (χ0n) is 11.1. The van der Waals surface area contributed by atoms with Crippen LogP contribution in [-0.2, 0) is 6.61 Å². The average molecular weight is 364 g/mol. The Kier molecular flexibility index (Phi) is 5.71. The van der Waals surface area contributed by atoms with E-state index in [-0.39, 0.29) is 5.11 Å². The smallest absolute Gasteiger partial charge is 0.184 e. The molecule has 0 aliphatic carbocycles. The van der Waals surface area contributed by atoms with Crippen LogP contribution in [0.4, 0.5) is 0 Å². The number of halogens is 1. The summed E-state index contributed by atoms with van der Waals surface area (Å²) in [6.45, 7) is 0.492. The Bertz CT molecular complexity index is 647. The number of rotatable bonds is 5. The Hall–Kier alpha value is -1.92. The Balaban J connectivity index is 2.11. The Morgan fingerprint density at radius 3 is 2.76 bits per heavy atom. The van der Waals surface area contributed by atoms with Crippen molar-refractivity contribution in [2.24, 2.45) is 10.8 Å². The van der Waals surface area contributed by atoms with Crippen molar-refractivity contribution in [3.05, 3.63) is 64.1 Å². The molecule has 6 heteroatoms. The lowest BCUT2D eigenvalue weighted by Crippen LogP contribution is -2.24. The lowest BCUT2D eigenvalue weighted by Gasteiger charge is -2.09. The molecule has 21 heavy (non-hydrogen) atoms. The predicted molar refractivity (Wildman–Crippen MR) is 92.4 cm³/mol. The molecule has 0 saturated carbocycles. The topological polar surface area (TPSA) is 59.6 Å². The maximum absolute atomic E-state index is 5.83. The van der Waals surface area contributed by atoms with Gasteiger partial charge in [-0.15, -0.1) is 0 Å². The zero-order chi connectivity index (χ0) is 15.1. The average Bonchev–Trinajstić information content (AvgIpc) is 2.47. The zero-order valence-corrected chi connectivity index (χ0v) is 13.5. The molecule has 0 atom stereocenters. The molecule has 0 radical (unpaired) electrons. The predicted octanol–water partition coefficient (Wildman–Crippen LogP) is 3.20. The molecule has 0 aromatic heterocycles. The molecule has 2 aromatic rings. The second kappa shape index (κ2) is 7.75. The first kappa shape index (κ1) is 15.5. The molecule has 0 aliphatic rings. The molecular formula is C15H14BrN3OS. The lowest BCUT2D eigenvalue weighted by atomic mass is 10.2. The van der Waals surface area contributed by atoms with Crippen LogP contribution in [0.25, 0.3) is 0 Å². The van der Waals surface area contributed by atoms with Crippen molar-refractivity contribution in [1.29, 1.82) is 0 Å². The van der Waals surface area contributed by atoms with Crippen LogP contribution in [0.15, 0.2) is 58.1 Å². The first-order valence-electron chi connectivity index (χ1n) is 6.20. The van der Waals surface area contributed by atoms with Gasteiger partial charge in [-0.1, -0.05) is 46.3 Å². The quantitative estimate of drug-likeness (QED) is 0.486. The molecule has 0 amide bonds. The van der Waals surface area contributed by atoms with Gasteiger partial charge >= 0.3 is 0 Å². The molecule has 0 fully saturated rings. The van der Waals surface area contributed by atoms with Crippen molar-refractivity contribution in [3.63, 3.8) is 0 Å². The van der Waals surface area contributed by atoms with Crippen molar-refractivity contribution in [2.45, 2.75) is 6.61 Å². The number of nitrogens with zero attached hydrogens (tertiary/aromatic N) is 1. The maximum atomic E-state index is 5.83. The van der Waals surface area contributed by atoms with E-state index in [1.165, 1.54) is 0 Å². The van der Waals surface area contributed by atoms with E-state index in [0.29, 0.717) is 6.61 Å². The number of benzene rings is 2. The van der Waals surface area contributed by atoms with Crippen LogP contribution in [0, 0.1) is 0 Å². The SMILES string of the molecule is NC(=S)N/N=C\c1cc(Br)ccc1OCc1ccccc1. The number of hydrazone groups is 1. The van der Waals surface area contributed by atoms with E-state index < -0.39 is 0 Å². The van der Waals surface area contributed by atoms with Gasteiger partial charge in [0.2, 0.25) is 0 Å². The summed E-state index contributed by atoms with van der Waals surface area (Å²) in [6.07, 6.45) is 1.62. The minimum atomic E-state index is 0.119. The van der Waals surface area contributed by atoms with Crippen LogP contribution in [-0.4, -0.2) is 11.3 Å². The molecule has 0 bridgehead atoms. The van der Waals surface area contributed by atoms with Crippen molar-refractivity contribution < 1.29 is 4.74 Å². The molecule has 0 saturated heterocycles. The van der Waals surface area contributed by atoms with E-state index in [4.69, 9.17) is 22.7 Å². The normalized spacial score (nSPS) is 10.5. The van der Waals surface area contributed by atoms with Crippen LogP contribution >= 0.6 is 28.1 Å². The van der Waals surface area contributed by atoms with Gasteiger partial charge in [0.1, 0.15) is 12.4 Å². The number of hydrogen-bond acceptors (Lipinski definition) is 3. The van der Waals surface area contributed by atoms with Gasteiger partial charge in [0.15, 0.2) is 5.11 Å². The summed E-state index contributed by atoms with van der Waals surface area (Å²) in [5, 5.41) is 4.07. The van der Waals surface area contributed by atoms with Crippen molar-refractivity contribution in [3.8, 4) is 5.75 Å². The van der Waals surface area contributed by atoms with Crippen LogP contribution in [0.5, 0.6) is 5.75 Å². The highest BCUT2D eigenvalue weighted by atomic mass is 79.9. The third-order valence-corrected chi connectivity index (χ3v) is 3.17. The minimum absolute atomic E-state index is 0.119. The van der Waals surface area contributed by atoms with E-state index in [9.17, 15) is 0 Å². The number of thiocarbonyl (C=S) groups is 1. The van der Waals surface area contributed by atoms with Crippen molar-refractivity contribution in [1.82, 2.24) is 5.43 Å². The highest BCUT2D eigenvalue weighted by Crippen LogP contribution is 2.22. The summed E-state index contributed by atoms with van der Waals surface area (Å²) in [6, 6.07) is 15.7.